The van der Waals surface area contributed by atoms with Gasteiger partial charge in [0.25, 0.3) is 0 Å². The molecule has 2 bridgehead atoms. The minimum Gasteiger partial charge on any atom is -0.466 e. The van der Waals surface area contributed by atoms with Crippen LogP contribution in [0.4, 0.5) is 18.0 Å². The van der Waals surface area contributed by atoms with E-state index in [2.05, 4.69) is 11.7 Å². The number of nitrogens with zero attached hydrogens (tertiary/aromatic N) is 2. The Morgan fingerprint density at radius 1 is 1.03 bits per heavy atom. The van der Waals surface area contributed by atoms with Gasteiger partial charge < -0.3 is 19.3 Å². The fraction of sp³-hybridized carbons (Fsp3) is 0.565. The second kappa shape index (κ2) is 8.67. The van der Waals surface area contributed by atoms with Crippen molar-refractivity contribution in [3.63, 3.8) is 0 Å². The first-order chi connectivity index (χ1) is 15.2. The van der Waals surface area contributed by atoms with E-state index < -0.39 is 18.4 Å². The summed E-state index contributed by atoms with van der Waals surface area (Å²) in [6.07, 6.45) is -0.965. The molecule has 0 aliphatic carbocycles. The number of esters is 1. The van der Waals surface area contributed by atoms with Crippen molar-refractivity contribution in [1.29, 1.82) is 0 Å². The van der Waals surface area contributed by atoms with Gasteiger partial charge in [-0.25, -0.2) is 9.59 Å². The zero-order valence-corrected chi connectivity index (χ0v) is 18.2. The Morgan fingerprint density at radius 3 is 2.28 bits per heavy atom. The number of alkyl halides is 3. The third-order valence-electron chi connectivity index (χ3n) is 6.72. The third-order valence-corrected chi connectivity index (χ3v) is 6.72. The van der Waals surface area contributed by atoms with Crippen molar-refractivity contribution in [2.45, 2.75) is 57.5 Å². The smallest absolute Gasteiger partial charge is 0.466 e. The molecule has 0 N–H and O–H groups in total. The monoisotopic (exact) mass is 452 g/mol. The zero-order valence-electron chi connectivity index (χ0n) is 18.2. The summed E-state index contributed by atoms with van der Waals surface area (Å²) in [6.45, 7) is 3.60. The predicted octanol–water partition coefficient (Wildman–Crippen LogP) is 4.60. The normalized spacial score (nSPS) is 24.0. The van der Waals surface area contributed by atoms with Crippen LogP contribution in [0.5, 0.6) is 5.75 Å². The first kappa shape index (κ1) is 22.5. The van der Waals surface area contributed by atoms with Crippen molar-refractivity contribution in [2.75, 3.05) is 20.2 Å². The van der Waals surface area contributed by atoms with Crippen LogP contribution in [-0.2, 0) is 9.53 Å². The molecule has 0 aromatic heterocycles. The van der Waals surface area contributed by atoms with Gasteiger partial charge in [-0.2, -0.15) is 0 Å². The first-order valence-corrected chi connectivity index (χ1v) is 10.9. The Kier molecular flexibility index (Phi) is 6.09. The average Bonchev–Trinajstić information content (AvgIpc) is 3.06. The van der Waals surface area contributed by atoms with Gasteiger partial charge in [0.05, 0.1) is 18.7 Å². The Labute approximate surface area is 184 Å². The van der Waals surface area contributed by atoms with E-state index in [1.807, 2.05) is 9.80 Å². The molecule has 1 aromatic carbocycles. The van der Waals surface area contributed by atoms with Crippen molar-refractivity contribution in [3.8, 4) is 5.75 Å². The minimum atomic E-state index is -4.77. The number of hydrogen-bond donors (Lipinski definition) is 0. The van der Waals surface area contributed by atoms with Gasteiger partial charge in [-0.15, -0.1) is 13.2 Å². The molecule has 0 radical (unpaired) electrons. The molecule has 0 spiro atoms. The Bertz CT molecular complexity index is 905. The maximum Gasteiger partial charge on any atom is 0.573 e. The molecular weight excluding hydrogens is 425 g/mol. The van der Waals surface area contributed by atoms with Gasteiger partial charge in [0.2, 0.25) is 0 Å². The molecule has 3 aliphatic rings. The molecule has 2 atom stereocenters. The average molecular weight is 452 g/mol. The molecule has 0 unspecified atom stereocenters. The number of halogens is 3. The highest BCUT2D eigenvalue weighted by molar-refractivity contribution is 6.01. The zero-order chi connectivity index (χ0) is 23.0. The fourth-order valence-electron chi connectivity index (χ4n) is 5.07. The summed E-state index contributed by atoms with van der Waals surface area (Å²) in [5, 5.41) is 0. The number of amides is 2. The molecule has 174 valence electrons. The van der Waals surface area contributed by atoms with Crippen LogP contribution in [0.1, 0.15) is 44.6 Å². The Morgan fingerprint density at radius 2 is 1.69 bits per heavy atom. The largest absolute Gasteiger partial charge is 0.573 e. The molecule has 2 saturated heterocycles. The van der Waals surface area contributed by atoms with Crippen molar-refractivity contribution in [3.05, 3.63) is 35.4 Å². The number of rotatable bonds is 3. The van der Waals surface area contributed by atoms with Crippen molar-refractivity contribution >= 4 is 17.6 Å². The van der Waals surface area contributed by atoms with Crippen LogP contribution >= 0.6 is 0 Å². The van der Waals surface area contributed by atoms with Gasteiger partial charge in [0, 0.05) is 19.1 Å². The van der Waals surface area contributed by atoms with E-state index >= 15 is 0 Å². The number of ether oxygens (including phenoxy) is 2. The molecule has 0 saturated carbocycles. The number of carbonyl (C=O) groups is 2. The summed E-state index contributed by atoms with van der Waals surface area (Å²) in [5.41, 5.74) is 1.78. The predicted molar refractivity (Wildman–Crippen MR) is 111 cm³/mol. The van der Waals surface area contributed by atoms with E-state index in [-0.39, 0.29) is 17.8 Å². The summed E-state index contributed by atoms with van der Waals surface area (Å²) in [5.74, 6) is -0.235. The minimum absolute atomic E-state index is 0.0428. The quantitative estimate of drug-likeness (QED) is 0.629. The second-order valence-electron chi connectivity index (χ2n) is 8.77. The lowest BCUT2D eigenvalue weighted by Crippen LogP contribution is -2.53. The van der Waals surface area contributed by atoms with Gasteiger partial charge in [-0.1, -0.05) is 19.1 Å². The second-order valence-corrected chi connectivity index (χ2v) is 8.77. The van der Waals surface area contributed by atoms with E-state index in [1.165, 1.54) is 31.4 Å². The maximum absolute atomic E-state index is 13.4. The van der Waals surface area contributed by atoms with Crippen LogP contribution in [0.3, 0.4) is 0 Å². The summed E-state index contributed by atoms with van der Waals surface area (Å²) in [4.78, 5) is 29.8. The molecule has 2 fully saturated rings. The Balaban J connectivity index is 1.63. The van der Waals surface area contributed by atoms with Crippen LogP contribution in [0.15, 0.2) is 29.8 Å². The highest BCUT2D eigenvalue weighted by Gasteiger charge is 2.48. The SMILES string of the molecule is COC(=O)C1=C(c2ccc(OC(F)(F)F)cc2)C[C@@H]2CC[C@H]1N2C(=O)N1CCC(C)CC1. The lowest BCUT2D eigenvalue weighted by molar-refractivity contribution is -0.274. The number of urea groups is 1. The number of fused-ring (bicyclic) bond motifs is 2. The Hall–Kier alpha value is -2.71. The van der Waals surface area contributed by atoms with E-state index in [4.69, 9.17) is 4.74 Å². The fourth-order valence-corrected chi connectivity index (χ4v) is 5.07. The number of hydrogen-bond acceptors (Lipinski definition) is 4. The first-order valence-electron chi connectivity index (χ1n) is 10.9. The summed E-state index contributed by atoms with van der Waals surface area (Å²) in [6, 6.07) is 5.01. The lowest BCUT2D eigenvalue weighted by atomic mass is 9.88. The molecule has 2 amide bonds. The maximum atomic E-state index is 13.4. The van der Waals surface area contributed by atoms with E-state index in [0.717, 1.165) is 24.8 Å². The van der Waals surface area contributed by atoms with Crippen LogP contribution in [0.25, 0.3) is 5.57 Å². The lowest BCUT2D eigenvalue weighted by Gasteiger charge is -2.41. The van der Waals surface area contributed by atoms with Gasteiger partial charge in [0.15, 0.2) is 0 Å². The number of carbonyl (C=O) groups excluding carboxylic acids is 2. The molecular formula is C23H27F3N2O4. The molecule has 32 heavy (non-hydrogen) atoms. The van der Waals surface area contributed by atoms with Crippen LogP contribution < -0.4 is 4.74 Å². The van der Waals surface area contributed by atoms with Gasteiger partial charge in [-0.05, 0) is 61.3 Å². The molecule has 4 rings (SSSR count). The molecule has 3 heterocycles. The van der Waals surface area contributed by atoms with E-state index in [1.54, 1.807) is 0 Å². The highest BCUT2D eigenvalue weighted by Crippen LogP contribution is 2.44. The molecule has 9 heteroatoms. The highest BCUT2D eigenvalue weighted by atomic mass is 19.4. The molecule has 6 nitrogen and oxygen atoms in total. The standard InChI is InChI=1S/C23H27F3N2O4/c1-14-9-11-27(12-10-14)22(30)28-16-5-8-19(28)20(21(29)31-2)18(13-16)15-3-6-17(7-4-15)32-23(24,25)26/h3-4,6-7,14,16,19H,5,8-13H2,1-2H3/t16-,19+/m0/s1. The summed E-state index contributed by atoms with van der Waals surface area (Å²) < 4.78 is 46.4. The van der Waals surface area contributed by atoms with Crippen molar-refractivity contribution in [2.24, 2.45) is 5.92 Å². The number of likely N-dealkylation sites (tertiary alicyclic amines) is 1. The van der Waals surface area contributed by atoms with Crippen LogP contribution in [-0.4, -0.2) is 60.4 Å². The van der Waals surface area contributed by atoms with E-state index in [9.17, 15) is 22.8 Å². The van der Waals surface area contributed by atoms with Crippen LogP contribution in [0, 0.1) is 5.92 Å². The molecule has 3 aliphatic heterocycles. The number of benzene rings is 1. The van der Waals surface area contributed by atoms with Gasteiger partial charge in [-0.3, -0.25) is 0 Å². The number of piperidine rings is 1. The summed E-state index contributed by atoms with van der Waals surface area (Å²) in [7, 11) is 1.30. The van der Waals surface area contributed by atoms with Gasteiger partial charge >= 0.3 is 18.4 Å². The topological polar surface area (TPSA) is 59.1 Å². The van der Waals surface area contributed by atoms with Gasteiger partial charge in [0.1, 0.15) is 5.75 Å². The van der Waals surface area contributed by atoms with Crippen molar-refractivity contribution in [1.82, 2.24) is 9.80 Å². The summed E-state index contributed by atoms with van der Waals surface area (Å²) >= 11 is 0. The number of methoxy groups -OCH3 is 1. The van der Waals surface area contributed by atoms with Crippen molar-refractivity contribution < 1.29 is 32.2 Å². The van der Waals surface area contributed by atoms with Crippen LogP contribution in [0.2, 0.25) is 0 Å². The molecule has 1 aromatic rings. The van der Waals surface area contributed by atoms with E-state index in [0.29, 0.717) is 43.0 Å². The third kappa shape index (κ3) is 4.42.